The van der Waals surface area contributed by atoms with Crippen molar-refractivity contribution >= 4 is 35.2 Å². The maximum Gasteiger partial charge on any atom is 0.185 e. The van der Waals surface area contributed by atoms with E-state index in [0.29, 0.717) is 5.56 Å². The number of benzene rings is 2. The Balaban J connectivity index is 2.02. The van der Waals surface area contributed by atoms with Crippen molar-refractivity contribution in [2.45, 2.75) is 24.7 Å². The zero-order chi connectivity index (χ0) is 15.8. The van der Waals surface area contributed by atoms with E-state index in [1.807, 2.05) is 54.6 Å². The third kappa shape index (κ3) is 5.04. The molecule has 0 aliphatic rings. The molecular formula is C19H19ClOS. The molecule has 0 atom stereocenters. The molecule has 0 unspecified atom stereocenters. The van der Waals surface area contributed by atoms with Gasteiger partial charge in [0.1, 0.15) is 0 Å². The van der Waals surface area contributed by atoms with Crippen LogP contribution in [-0.4, -0.2) is 11.5 Å². The summed E-state index contributed by atoms with van der Waals surface area (Å²) in [6.45, 7) is 2.18. The van der Waals surface area contributed by atoms with E-state index in [1.54, 1.807) is 17.8 Å². The van der Waals surface area contributed by atoms with Gasteiger partial charge < -0.3 is 0 Å². The van der Waals surface area contributed by atoms with Crippen LogP contribution >= 0.6 is 23.4 Å². The van der Waals surface area contributed by atoms with Crippen LogP contribution in [0.25, 0.3) is 6.08 Å². The summed E-state index contributed by atoms with van der Waals surface area (Å²) in [6.07, 6.45) is 5.77. The number of carbonyl (C=O) groups excluding carboxylic acids is 1. The summed E-state index contributed by atoms with van der Waals surface area (Å²) in [4.78, 5) is 13.1. The van der Waals surface area contributed by atoms with Crippen molar-refractivity contribution in [3.63, 3.8) is 0 Å². The normalized spacial score (nSPS) is 11.0. The Morgan fingerprint density at radius 3 is 2.64 bits per heavy atom. The zero-order valence-corrected chi connectivity index (χ0v) is 14.2. The van der Waals surface area contributed by atoms with Gasteiger partial charge in [-0.3, -0.25) is 4.79 Å². The van der Waals surface area contributed by atoms with Crippen molar-refractivity contribution in [3.8, 4) is 0 Å². The van der Waals surface area contributed by atoms with E-state index in [0.717, 1.165) is 21.2 Å². The summed E-state index contributed by atoms with van der Waals surface area (Å²) < 4.78 is 0. The van der Waals surface area contributed by atoms with Crippen molar-refractivity contribution in [3.05, 3.63) is 70.8 Å². The number of allylic oxidation sites excluding steroid dienone is 1. The van der Waals surface area contributed by atoms with Crippen LogP contribution in [0.2, 0.25) is 5.02 Å². The standard InChI is InChI=1S/C19H19ClOS/c1-2-3-13-22-19-12-10-15(14-17(19)20)9-11-18(21)16-7-5-4-6-8-16/h4-12,14H,2-3,13H2,1H3. The van der Waals surface area contributed by atoms with Gasteiger partial charge in [0.2, 0.25) is 0 Å². The molecule has 0 N–H and O–H groups in total. The Morgan fingerprint density at radius 2 is 1.95 bits per heavy atom. The van der Waals surface area contributed by atoms with Crippen molar-refractivity contribution in [2.75, 3.05) is 5.75 Å². The first-order valence-electron chi connectivity index (χ1n) is 7.40. The number of rotatable bonds is 7. The number of thioether (sulfide) groups is 1. The molecule has 0 aliphatic heterocycles. The lowest BCUT2D eigenvalue weighted by atomic mass is 10.1. The van der Waals surface area contributed by atoms with Crippen molar-refractivity contribution in [1.29, 1.82) is 0 Å². The van der Waals surface area contributed by atoms with Crippen molar-refractivity contribution < 1.29 is 4.79 Å². The monoisotopic (exact) mass is 330 g/mol. The highest BCUT2D eigenvalue weighted by molar-refractivity contribution is 7.99. The highest BCUT2D eigenvalue weighted by atomic mass is 35.5. The van der Waals surface area contributed by atoms with Gasteiger partial charge in [-0.2, -0.15) is 0 Å². The molecule has 0 bridgehead atoms. The van der Waals surface area contributed by atoms with Crippen LogP contribution in [0.3, 0.4) is 0 Å². The van der Waals surface area contributed by atoms with Crippen LogP contribution in [0.15, 0.2) is 59.5 Å². The Kier molecular flexibility index (Phi) is 6.75. The van der Waals surface area contributed by atoms with Gasteiger partial charge in [0, 0.05) is 10.5 Å². The first-order valence-corrected chi connectivity index (χ1v) is 8.77. The van der Waals surface area contributed by atoms with Crippen LogP contribution in [-0.2, 0) is 0 Å². The molecule has 2 rings (SSSR count). The first kappa shape index (κ1) is 16.9. The minimum Gasteiger partial charge on any atom is -0.289 e. The molecule has 22 heavy (non-hydrogen) atoms. The van der Waals surface area contributed by atoms with Crippen LogP contribution in [0.5, 0.6) is 0 Å². The topological polar surface area (TPSA) is 17.1 Å². The number of hydrogen-bond acceptors (Lipinski definition) is 2. The van der Waals surface area contributed by atoms with Crippen LogP contribution < -0.4 is 0 Å². The van der Waals surface area contributed by atoms with Gasteiger partial charge in [0.15, 0.2) is 5.78 Å². The summed E-state index contributed by atoms with van der Waals surface area (Å²) in [5.41, 5.74) is 1.63. The Labute approximate surface area is 141 Å². The van der Waals surface area contributed by atoms with Gasteiger partial charge in [-0.1, -0.05) is 67.4 Å². The van der Waals surface area contributed by atoms with E-state index in [1.165, 1.54) is 12.8 Å². The van der Waals surface area contributed by atoms with Crippen LogP contribution in [0.4, 0.5) is 0 Å². The van der Waals surface area contributed by atoms with E-state index in [4.69, 9.17) is 11.6 Å². The molecule has 114 valence electrons. The average molecular weight is 331 g/mol. The van der Waals surface area contributed by atoms with Gasteiger partial charge in [0.05, 0.1) is 5.02 Å². The van der Waals surface area contributed by atoms with E-state index in [-0.39, 0.29) is 5.78 Å². The Morgan fingerprint density at radius 1 is 1.18 bits per heavy atom. The lowest BCUT2D eigenvalue weighted by Gasteiger charge is -2.04. The summed E-state index contributed by atoms with van der Waals surface area (Å²) in [5.74, 6) is 1.08. The third-order valence-electron chi connectivity index (χ3n) is 3.20. The molecule has 2 aromatic carbocycles. The number of carbonyl (C=O) groups is 1. The molecule has 0 heterocycles. The number of hydrogen-bond donors (Lipinski definition) is 0. The second-order valence-corrected chi connectivity index (χ2v) is 6.50. The fourth-order valence-electron chi connectivity index (χ4n) is 1.93. The number of unbranched alkanes of at least 4 members (excludes halogenated alkanes) is 1. The molecule has 0 saturated heterocycles. The number of halogens is 1. The first-order chi connectivity index (χ1) is 10.7. The predicted octanol–water partition coefficient (Wildman–Crippen LogP) is 6.13. The highest BCUT2D eigenvalue weighted by Crippen LogP contribution is 2.29. The highest BCUT2D eigenvalue weighted by Gasteiger charge is 2.03. The maximum absolute atomic E-state index is 12.0. The minimum atomic E-state index is -0.00174. The predicted molar refractivity (Wildman–Crippen MR) is 96.9 cm³/mol. The van der Waals surface area contributed by atoms with Crippen molar-refractivity contribution in [1.82, 2.24) is 0 Å². The summed E-state index contributed by atoms with van der Waals surface area (Å²) in [5, 5.41) is 0.746. The van der Waals surface area contributed by atoms with E-state index < -0.39 is 0 Å². The van der Waals surface area contributed by atoms with E-state index in [9.17, 15) is 4.79 Å². The lowest BCUT2D eigenvalue weighted by molar-refractivity contribution is 0.104. The summed E-state index contributed by atoms with van der Waals surface area (Å²) in [6, 6.07) is 15.2. The van der Waals surface area contributed by atoms with Gasteiger partial charge in [-0.25, -0.2) is 0 Å². The maximum atomic E-state index is 12.0. The molecule has 0 saturated carbocycles. The quantitative estimate of drug-likeness (QED) is 0.263. The fraction of sp³-hybridized carbons (Fsp3) is 0.211. The average Bonchev–Trinajstić information content (AvgIpc) is 2.55. The minimum absolute atomic E-state index is 0.00174. The molecule has 0 amide bonds. The molecular weight excluding hydrogens is 312 g/mol. The van der Waals surface area contributed by atoms with Crippen LogP contribution in [0, 0.1) is 0 Å². The smallest absolute Gasteiger partial charge is 0.185 e. The molecule has 0 fully saturated rings. The van der Waals surface area contributed by atoms with Gasteiger partial charge >= 0.3 is 0 Å². The van der Waals surface area contributed by atoms with Gasteiger partial charge in [-0.15, -0.1) is 11.8 Å². The molecule has 1 nitrogen and oxygen atoms in total. The molecule has 0 aromatic heterocycles. The van der Waals surface area contributed by atoms with Gasteiger partial charge in [-0.05, 0) is 35.9 Å². The second-order valence-electron chi connectivity index (χ2n) is 4.96. The zero-order valence-electron chi connectivity index (χ0n) is 12.6. The van der Waals surface area contributed by atoms with Crippen LogP contribution in [0.1, 0.15) is 35.7 Å². The molecule has 0 aliphatic carbocycles. The van der Waals surface area contributed by atoms with E-state index >= 15 is 0 Å². The second kappa shape index (κ2) is 8.82. The lowest BCUT2D eigenvalue weighted by Crippen LogP contribution is -1.92. The Hall–Kier alpha value is -1.51. The SMILES string of the molecule is CCCCSc1ccc(C=CC(=O)c2ccccc2)cc1Cl. The largest absolute Gasteiger partial charge is 0.289 e. The molecule has 2 aromatic rings. The fourth-order valence-corrected chi connectivity index (χ4v) is 3.30. The summed E-state index contributed by atoms with van der Waals surface area (Å²) in [7, 11) is 0. The number of ketones is 1. The molecule has 3 heteroatoms. The van der Waals surface area contributed by atoms with Gasteiger partial charge in [0.25, 0.3) is 0 Å². The Bertz CT molecular complexity index is 650. The third-order valence-corrected chi connectivity index (χ3v) is 4.78. The molecule has 0 radical (unpaired) electrons. The van der Waals surface area contributed by atoms with Crippen molar-refractivity contribution in [2.24, 2.45) is 0 Å². The summed E-state index contributed by atoms with van der Waals surface area (Å²) >= 11 is 8.08. The molecule has 0 spiro atoms. The van der Waals surface area contributed by atoms with E-state index in [2.05, 4.69) is 6.92 Å².